The number of hydrogen-bond acceptors (Lipinski definition) is 3. The molecule has 2 rings (SSSR count). The van der Waals surface area contributed by atoms with E-state index >= 15 is 0 Å². The quantitative estimate of drug-likeness (QED) is 0.802. The first kappa shape index (κ1) is 13.2. The van der Waals surface area contributed by atoms with Crippen LogP contribution >= 0.6 is 0 Å². The summed E-state index contributed by atoms with van der Waals surface area (Å²) in [5, 5.41) is 3.64. The number of likely N-dealkylation sites (tertiary alicyclic amines) is 1. The fourth-order valence-electron chi connectivity index (χ4n) is 2.65. The zero-order chi connectivity index (χ0) is 12.8. The van der Waals surface area contributed by atoms with Crippen LogP contribution in [0.4, 0.5) is 0 Å². The Morgan fingerprint density at radius 1 is 1.39 bits per heavy atom. The van der Waals surface area contributed by atoms with Gasteiger partial charge in [0.1, 0.15) is 6.29 Å². The van der Waals surface area contributed by atoms with E-state index in [1.165, 1.54) is 5.56 Å². The van der Waals surface area contributed by atoms with Crippen molar-refractivity contribution in [3.8, 4) is 0 Å². The number of rotatable bonds is 5. The number of carbonyl (C=O) groups is 1. The molecule has 1 saturated heterocycles. The average molecular weight is 246 g/mol. The number of nitrogens with one attached hydrogen (secondary N) is 1. The van der Waals surface area contributed by atoms with Gasteiger partial charge < -0.3 is 10.1 Å². The number of piperidine rings is 1. The molecule has 3 nitrogen and oxygen atoms in total. The number of nitrogens with zero attached hydrogens (tertiary/aromatic N) is 1. The second-order valence-electron chi connectivity index (χ2n) is 5.17. The molecule has 98 valence electrons. The minimum Gasteiger partial charge on any atom is -0.310 e. The monoisotopic (exact) mass is 246 g/mol. The molecule has 18 heavy (non-hydrogen) atoms. The van der Waals surface area contributed by atoms with E-state index in [0.717, 1.165) is 32.3 Å². The predicted octanol–water partition coefficient (Wildman–Crippen LogP) is 1.69. The van der Waals surface area contributed by atoms with E-state index in [-0.39, 0.29) is 0 Å². The predicted molar refractivity (Wildman–Crippen MR) is 73.4 cm³/mol. The van der Waals surface area contributed by atoms with E-state index in [2.05, 4.69) is 41.4 Å². The van der Waals surface area contributed by atoms with E-state index in [9.17, 15) is 4.79 Å². The van der Waals surface area contributed by atoms with Crippen LogP contribution in [0, 0.1) is 5.92 Å². The van der Waals surface area contributed by atoms with Crippen LogP contribution in [0.15, 0.2) is 30.3 Å². The Morgan fingerprint density at radius 2 is 2.17 bits per heavy atom. The first-order valence-corrected chi connectivity index (χ1v) is 6.73. The zero-order valence-corrected chi connectivity index (χ0v) is 11.0. The first-order chi connectivity index (χ1) is 8.79. The number of hydrogen-bond donors (Lipinski definition) is 1. The fraction of sp³-hybridized carbons (Fsp3) is 0.533. The van der Waals surface area contributed by atoms with Gasteiger partial charge in [-0.1, -0.05) is 37.3 Å². The van der Waals surface area contributed by atoms with Crippen molar-refractivity contribution in [3.63, 3.8) is 0 Å². The van der Waals surface area contributed by atoms with Gasteiger partial charge in [-0.2, -0.15) is 0 Å². The van der Waals surface area contributed by atoms with E-state index < -0.39 is 0 Å². The van der Waals surface area contributed by atoms with Crippen molar-refractivity contribution in [2.75, 3.05) is 19.6 Å². The Balaban J connectivity index is 1.79. The zero-order valence-electron chi connectivity index (χ0n) is 11.0. The van der Waals surface area contributed by atoms with Gasteiger partial charge in [0.15, 0.2) is 0 Å². The average Bonchev–Trinajstić information content (AvgIpc) is 2.39. The molecule has 0 saturated carbocycles. The minimum absolute atomic E-state index is 0.563. The van der Waals surface area contributed by atoms with E-state index in [4.69, 9.17) is 0 Å². The van der Waals surface area contributed by atoms with Gasteiger partial charge in [0.05, 0.1) is 6.54 Å². The van der Waals surface area contributed by atoms with Gasteiger partial charge in [0.25, 0.3) is 0 Å². The van der Waals surface area contributed by atoms with Crippen LogP contribution in [0.1, 0.15) is 18.9 Å². The van der Waals surface area contributed by atoms with E-state index in [1.807, 2.05) is 6.07 Å². The minimum atomic E-state index is 0.563. The Morgan fingerprint density at radius 3 is 2.83 bits per heavy atom. The molecule has 3 heteroatoms. The van der Waals surface area contributed by atoms with Crippen LogP contribution in [-0.2, 0) is 11.3 Å². The summed E-state index contributed by atoms with van der Waals surface area (Å²) < 4.78 is 0. The van der Waals surface area contributed by atoms with Gasteiger partial charge in [0, 0.05) is 25.7 Å². The Bertz CT molecular complexity index is 366. The van der Waals surface area contributed by atoms with Gasteiger partial charge in [-0.15, -0.1) is 0 Å². The molecule has 1 fully saturated rings. The molecule has 2 atom stereocenters. The summed E-state index contributed by atoms with van der Waals surface area (Å²) in [6.07, 6.45) is 2.13. The van der Waals surface area contributed by atoms with Gasteiger partial charge in [-0.25, -0.2) is 0 Å². The lowest BCUT2D eigenvalue weighted by Crippen LogP contribution is -2.48. The smallest absolute Gasteiger partial charge is 0.133 e. The normalized spacial score (nSPS) is 24.9. The summed E-state index contributed by atoms with van der Waals surface area (Å²) in [5.74, 6) is 0.599. The lowest BCUT2D eigenvalue weighted by atomic mass is 9.93. The molecule has 0 bridgehead atoms. The Labute approximate surface area is 109 Å². The van der Waals surface area contributed by atoms with Gasteiger partial charge in [0.2, 0.25) is 0 Å². The summed E-state index contributed by atoms with van der Waals surface area (Å²) in [7, 11) is 0. The number of carbonyl (C=O) groups excluding carboxylic acids is 1. The highest BCUT2D eigenvalue weighted by Crippen LogP contribution is 2.16. The summed E-state index contributed by atoms with van der Waals surface area (Å²) >= 11 is 0. The number of aldehydes is 1. The number of benzene rings is 1. The third-order valence-corrected chi connectivity index (χ3v) is 3.73. The van der Waals surface area contributed by atoms with Gasteiger partial charge >= 0.3 is 0 Å². The van der Waals surface area contributed by atoms with Crippen LogP contribution in [-0.4, -0.2) is 36.9 Å². The van der Waals surface area contributed by atoms with Crippen molar-refractivity contribution in [2.45, 2.75) is 25.9 Å². The molecule has 0 aromatic heterocycles. The van der Waals surface area contributed by atoms with Crippen molar-refractivity contribution < 1.29 is 4.79 Å². The molecule has 0 aliphatic carbocycles. The highest BCUT2D eigenvalue weighted by molar-refractivity contribution is 5.51. The molecule has 1 aliphatic heterocycles. The van der Waals surface area contributed by atoms with Crippen molar-refractivity contribution in [3.05, 3.63) is 35.9 Å². The topological polar surface area (TPSA) is 32.3 Å². The first-order valence-electron chi connectivity index (χ1n) is 6.73. The molecule has 0 amide bonds. The highest BCUT2D eigenvalue weighted by Gasteiger charge is 2.24. The fourth-order valence-corrected chi connectivity index (χ4v) is 2.65. The summed E-state index contributed by atoms with van der Waals surface area (Å²) in [4.78, 5) is 12.7. The lowest BCUT2D eigenvalue weighted by Gasteiger charge is -2.36. The molecule has 1 N–H and O–H groups in total. The Kier molecular flexibility index (Phi) is 4.90. The Hall–Kier alpha value is -1.19. The van der Waals surface area contributed by atoms with E-state index in [1.54, 1.807) is 0 Å². The van der Waals surface area contributed by atoms with Gasteiger partial charge in [-0.3, -0.25) is 4.90 Å². The second-order valence-corrected chi connectivity index (χ2v) is 5.17. The largest absolute Gasteiger partial charge is 0.310 e. The molecular formula is C15H22N2O. The molecule has 1 aromatic carbocycles. The molecule has 2 unspecified atom stereocenters. The third-order valence-electron chi connectivity index (χ3n) is 3.73. The highest BCUT2D eigenvalue weighted by atomic mass is 16.1. The molecular weight excluding hydrogens is 224 g/mol. The van der Waals surface area contributed by atoms with Crippen LogP contribution in [0.3, 0.4) is 0 Å². The standard InChI is InChI=1S/C15H22N2O/c1-13-12-17(9-10-18)8-7-15(13)16-11-14-5-3-2-4-6-14/h2-6,10,13,15-16H,7-9,11-12H2,1H3. The lowest BCUT2D eigenvalue weighted by molar-refractivity contribution is -0.109. The van der Waals surface area contributed by atoms with Crippen molar-refractivity contribution >= 4 is 6.29 Å². The van der Waals surface area contributed by atoms with Crippen LogP contribution in [0.5, 0.6) is 0 Å². The maximum absolute atomic E-state index is 10.5. The van der Waals surface area contributed by atoms with Crippen LogP contribution < -0.4 is 5.32 Å². The molecule has 1 heterocycles. The summed E-state index contributed by atoms with van der Waals surface area (Å²) in [6.45, 7) is 5.82. The second kappa shape index (κ2) is 6.66. The van der Waals surface area contributed by atoms with Crippen molar-refractivity contribution in [1.29, 1.82) is 0 Å². The van der Waals surface area contributed by atoms with Gasteiger partial charge in [-0.05, 0) is 17.9 Å². The maximum Gasteiger partial charge on any atom is 0.133 e. The molecule has 1 aliphatic rings. The van der Waals surface area contributed by atoms with Crippen LogP contribution in [0.2, 0.25) is 0 Å². The van der Waals surface area contributed by atoms with Crippen molar-refractivity contribution in [1.82, 2.24) is 10.2 Å². The van der Waals surface area contributed by atoms with E-state index in [0.29, 0.717) is 18.5 Å². The molecule has 1 aromatic rings. The summed E-state index contributed by atoms with van der Waals surface area (Å²) in [6, 6.07) is 11.1. The maximum atomic E-state index is 10.5. The molecule has 0 radical (unpaired) electrons. The summed E-state index contributed by atoms with van der Waals surface area (Å²) in [5.41, 5.74) is 1.33. The van der Waals surface area contributed by atoms with Crippen molar-refractivity contribution in [2.24, 2.45) is 5.92 Å². The van der Waals surface area contributed by atoms with Crippen LogP contribution in [0.25, 0.3) is 0 Å². The third kappa shape index (κ3) is 3.65. The SMILES string of the molecule is CC1CN(CC=O)CCC1NCc1ccccc1. The molecule has 0 spiro atoms.